The number of nitrogens with two attached hydrogens (primary N) is 1. The summed E-state index contributed by atoms with van der Waals surface area (Å²) in [5.74, 6) is -0.901. The van der Waals surface area contributed by atoms with E-state index in [-0.39, 0.29) is 24.6 Å². The van der Waals surface area contributed by atoms with Crippen LogP contribution in [-0.2, 0) is 19.4 Å². The molecule has 3 N–H and O–H groups in total. The van der Waals surface area contributed by atoms with E-state index in [0.29, 0.717) is 0 Å². The second-order valence-electron chi connectivity index (χ2n) is 3.89. The van der Waals surface area contributed by atoms with Gasteiger partial charge in [0.25, 0.3) is 0 Å². The molecule has 17 heavy (non-hydrogen) atoms. The Morgan fingerprint density at radius 2 is 1.94 bits per heavy atom. The maximum atomic E-state index is 11.6. The van der Waals surface area contributed by atoms with Gasteiger partial charge in [0.1, 0.15) is 9.84 Å². The highest BCUT2D eigenvalue weighted by molar-refractivity contribution is 7.90. The normalized spacial score (nSPS) is 12.9. The van der Waals surface area contributed by atoms with E-state index < -0.39 is 21.8 Å². The van der Waals surface area contributed by atoms with Gasteiger partial charge in [0, 0.05) is 20.4 Å². The largest absolute Gasteiger partial charge is 0.358 e. The predicted molar refractivity (Wildman–Crippen MR) is 64.0 cm³/mol. The zero-order chi connectivity index (χ0) is 13.6. The molecule has 7 nitrogen and oxygen atoms in total. The maximum absolute atomic E-state index is 11.6. The zero-order valence-corrected chi connectivity index (χ0v) is 11.1. The van der Waals surface area contributed by atoms with Crippen molar-refractivity contribution in [2.24, 2.45) is 5.73 Å². The van der Waals surface area contributed by atoms with Crippen molar-refractivity contribution < 1.29 is 18.0 Å². The van der Waals surface area contributed by atoms with Crippen LogP contribution in [0.3, 0.4) is 0 Å². The van der Waals surface area contributed by atoms with Crippen molar-refractivity contribution in [1.29, 1.82) is 0 Å². The number of hydrogen-bond donors (Lipinski definition) is 2. The first-order valence-electron chi connectivity index (χ1n) is 5.06. The van der Waals surface area contributed by atoms with Crippen LogP contribution in [0.2, 0.25) is 0 Å². The number of rotatable bonds is 6. The summed E-state index contributed by atoms with van der Waals surface area (Å²) in [6.45, 7) is -0.0953. The summed E-state index contributed by atoms with van der Waals surface area (Å²) < 4.78 is 21.8. The van der Waals surface area contributed by atoms with Crippen LogP contribution in [0.15, 0.2) is 0 Å². The highest BCUT2D eigenvalue weighted by atomic mass is 32.2. The predicted octanol–water partition coefficient (Wildman–Crippen LogP) is -2.05. The monoisotopic (exact) mass is 265 g/mol. The van der Waals surface area contributed by atoms with Gasteiger partial charge in [-0.15, -0.1) is 0 Å². The average molecular weight is 265 g/mol. The molecule has 0 aliphatic rings. The maximum Gasteiger partial charge on any atom is 0.239 e. The molecule has 0 heterocycles. The number of hydrogen-bond acceptors (Lipinski definition) is 5. The van der Waals surface area contributed by atoms with Crippen LogP contribution in [0.1, 0.15) is 6.42 Å². The van der Waals surface area contributed by atoms with Crippen LogP contribution >= 0.6 is 0 Å². The van der Waals surface area contributed by atoms with E-state index in [9.17, 15) is 18.0 Å². The molecule has 0 aliphatic heterocycles. The molecular formula is C9H19N3O4S. The van der Waals surface area contributed by atoms with Crippen molar-refractivity contribution in [3.63, 3.8) is 0 Å². The fourth-order valence-electron chi connectivity index (χ4n) is 1.12. The van der Waals surface area contributed by atoms with Crippen molar-refractivity contribution in [3.8, 4) is 0 Å². The van der Waals surface area contributed by atoms with Crippen LogP contribution < -0.4 is 11.1 Å². The zero-order valence-electron chi connectivity index (χ0n) is 10.3. The van der Waals surface area contributed by atoms with Gasteiger partial charge in [-0.1, -0.05) is 0 Å². The highest BCUT2D eigenvalue weighted by Crippen LogP contribution is 1.98. The molecule has 0 bridgehead atoms. The summed E-state index contributed by atoms with van der Waals surface area (Å²) >= 11 is 0. The molecule has 0 spiro atoms. The summed E-state index contributed by atoms with van der Waals surface area (Å²) in [5, 5.41) is 2.38. The molecule has 0 saturated carbocycles. The molecule has 100 valence electrons. The quantitative estimate of drug-likeness (QED) is 0.574. The smallest absolute Gasteiger partial charge is 0.239 e. The molecule has 0 rings (SSSR count). The highest BCUT2D eigenvalue weighted by Gasteiger charge is 2.20. The minimum Gasteiger partial charge on any atom is -0.358 e. The van der Waals surface area contributed by atoms with Gasteiger partial charge in [-0.05, 0) is 6.42 Å². The van der Waals surface area contributed by atoms with E-state index in [0.717, 1.165) is 6.26 Å². The fraction of sp³-hybridized carbons (Fsp3) is 0.778. The summed E-state index contributed by atoms with van der Waals surface area (Å²) in [5.41, 5.74) is 5.56. The lowest BCUT2D eigenvalue weighted by atomic mass is 10.2. The second kappa shape index (κ2) is 6.55. The van der Waals surface area contributed by atoms with Crippen molar-refractivity contribution in [2.75, 3.05) is 32.6 Å². The number of nitrogens with zero attached hydrogens (tertiary/aromatic N) is 1. The van der Waals surface area contributed by atoms with Gasteiger partial charge < -0.3 is 16.0 Å². The summed E-state index contributed by atoms with van der Waals surface area (Å²) in [6, 6.07) is -0.903. The molecule has 1 unspecified atom stereocenters. The van der Waals surface area contributed by atoms with Crippen LogP contribution in [0.5, 0.6) is 0 Å². The van der Waals surface area contributed by atoms with Crippen LogP contribution in [-0.4, -0.2) is 63.8 Å². The van der Waals surface area contributed by atoms with Gasteiger partial charge in [0.05, 0.1) is 18.3 Å². The molecule has 1 atom stereocenters. The lowest BCUT2D eigenvalue weighted by Crippen LogP contribution is -2.46. The summed E-state index contributed by atoms with van der Waals surface area (Å²) in [6.07, 6.45) is 1.13. The Bertz CT molecular complexity index is 380. The third-order valence-corrected chi connectivity index (χ3v) is 3.13. The molecule has 0 aromatic carbocycles. The van der Waals surface area contributed by atoms with Crippen molar-refractivity contribution >= 4 is 21.7 Å². The van der Waals surface area contributed by atoms with Gasteiger partial charge in [0.2, 0.25) is 11.8 Å². The van der Waals surface area contributed by atoms with Crippen molar-refractivity contribution in [1.82, 2.24) is 10.2 Å². The van der Waals surface area contributed by atoms with Crippen LogP contribution in [0.25, 0.3) is 0 Å². The molecular weight excluding hydrogens is 246 g/mol. The first kappa shape index (κ1) is 15.9. The first-order valence-corrected chi connectivity index (χ1v) is 7.12. The third kappa shape index (κ3) is 6.90. The summed E-state index contributed by atoms with van der Waals surface area (Å²) in [7, 11) is -0.231. The molecule has 0 aromatic heterocycles. The van der Waals surface area contributed by atoms with Crippen molar-refractivity contribution in [2.45, 2.75) is 12.5 Å². The Hall–Kier alpha value is -1.15. The lowest BCUT2D eigenvalue weighted by Gasteiger charge is -2.20. The Kier molecular flexibility index (Phi) is 6.11. The minimum absolute atomic E-state index is 0.0513. The number of carbonyl (C=O) groups excluding carboxylic acids is 2. The third-order valence-electron chi connectivity index (χ3n) is 2.15. The molecule has 0 aromatic rings. The van der Waals surface area contributed by atoms with Gasteiger partial charge in [-0.3, -0.25) is 9.59 Å². The Morgan fingerprint density at radius 1 is 1.41 bits per heavy atom. The molecule has 8 heteroatoms. The van der Waals surface area contributed by atoms with E-state index in [4.69, 9.17) is 5.73 Å². The van der Waals surface area contributed by atoms with E-state index in [1.807, 2.05) is 0 Å². The first-order chi connectivity index (χ1) is 7.67. The topological polar surface area (TPSA) is 110 Å². The van der Waals surface area contributed by atoms with Gasteiger partial charge in [-0.25, -0.2) is 8.42 Å². The van der Waals surface area contributed by atoms with Crippen LogP contribution in [0, 0.1) is 0 Å². The molecule has 0 fully saturated rings. The Morgan fingerprint density at radius 3 is 2.35 bits per heavy atom. The number of carbonyl (C=O) groups is 2. The number of sulfone groups is 1. The van der Waals surface area contributed by atoms with E-state index in [1.54, 1.807) is 0 Å². The number of likely N-dealkylation sites (N-methyl/N-ethyl adjacent to an activating group) is 2. The van der Waals surface area contributed by atoms with E-state index in [1.165, 1.54) is 19.0 Å². The second-order valence-corrected chi connectivity index (χ2v) is 6.15. The molecule has 0 saturated heterocycles. The number of nitrogens with one attached hydrogen (secondary N) is 1. The van der Waals surface area contributed by atoms with Crippen LogP contribution in [0.4, 0.5) is 0 Å². The molecule has 0 aliphatic carbocycles. The van der Waals surface area contributed by atoms with Gasteiger partial charge in [0.15, 0.2) is 0 Å². The Balaban J connectivity index is 4.25. The average Bonchev–Trinajstić information content (AvgIpc) is 2.23. The van der Waals surface area contributed by atoms with Gasteiger partial charge >= 0.3 is 0 Å². The number of amides is 2. The SMILES string of the molecule is CNC(=O)CN(C)C(=O)C(N)CCS(C)(=O)=O. The standard InChI is InChI=1S/C9H19N3O4S/c1-11-8(13)6-12(2)9(14)7(10)4-5-17(3,15)16/h7H,4-6,10H2,1-3H3,(H,11,13). The molecule has 2 amide bonds. The van der Waals surface area contributed by atoms with E-state index in [2.05, 4.69) is 5.32 Å². The molecule has 0 radical (unpaired) electrons. The van der Waals surface area contributed by atoms with Gasteiger partial charge in [-0.2, -0.15) is 0 Å². The fourth-order valence-corrected chi connectivity index (χ4v) is 1.80. The Labute approximate surface area is 101 Å². The van der Waals surface area contributed by atoms with E-state index >= 15 is 0 Å². The lowest BCUT2D eigenvalue weighted by molar-refractivity contribution is -0.135. The minimum atomic E-state index is -3.14. The van der Waals surface area contributed by atoms with Crippen molar-refractivity contribution in [3.05, 3.63) is 0 Å². The summed E-state index contributed by atoms with van der Waals surface area (Å²) in [4.78, 5) is 23.8.